The van der Waals surface area contributed by atoms with E-state index in [-0.39, 0.29) is 5.91 Å². The van der Waals surface area contributed by atoms with Crippen molar-refractivity contribution in [2.75, 3.05) is 19.1 Å². The van der Waals surface area contributed by atoms with Crippen molar-refractivity contribution in [1.82, 2.24) is 0 Å². The summed E-state index contributed by atoms with van der Waals surface area (Å²) in [5.41, 5.74) is 0.742. The highest BCUT2D eigenvalue weighted by atomic mass is 16.5. The molecule has 1 N–H and O–H groups in total. The monoisotopic (exact) mass is 277 g/mol. The number of aliphatic carboxylic acids is 1. The first-order valence-corrected chi connectivity index (χ1v) is 6.69. The molecular formula is C15H19NO4. The van der Waals surface area contributed by atoms with Crippen molar-refractivity contribution < 1.29 is 19.4 Å². The second-order valence-corrected chi connectivity index (χ2v) is 5.08. The third kappa shape index (κ3) is 2.76. The molecule has 5 nitrogen and oxygen atoms in total. The van der Waals surface area contributed by atoms with Gasteiger partial charge in [0.15, 0.2) is 0 Å². The first-order valence-electron chi connectivity index (χ1n) is 6.69. The van der Waals surface area contributed by atoms with Gasteiger partial charge in [0.2, 0.25) is 5.91 Å². The standard InChI is InChI=1S/C15H19NO4/c1-16(10-6-8-11(20-2)9-7-10)14(17)12-4-3-5-13(12)15(18)19/h6-9,12-13H,3-5H2,1-2H3,(H,18,19)/t12-,13+/m1/s1. The minimum Gasteiger partial charge on any atom is -0.497 e. The highest BCUT2D eigenvalue weighted by Gasteiger charge is 2.39. The molecule has 2 atom stereocenters. The Morgan fingerprint density at radius 2 is 1.80 bits per heavy atom. The summed E-state index contributed by atoms with van der Waals surface area (Å²) >= 11 is 0. The van der Waals surface area contributed by atoms with E-state index in [2.05, 4.69) is 0 Å². The first-order chi connectivity index (χ1) is 9.54. The number of hydrogen-bond acceptors (Lipinski definition) is 3. The molecule has 0 radical (unpaired) electrons. The summed E-state index contributed by atoms with van der Waals surface area (Å²) in [6.07, 6.45) is 2.03. The Morgan fingerprint density at radius 3 is 2.35 bits per heavy atom. The molecule has 108 valence electrons. The van der Waals surface area contributed by atoms with Crippen LogP contribution in [0.5, 0.6) is 5.75 Å². The van der Waals surface area contributed by atoms with Gasteiger partial charge in [0.05, 0.1) is 18.9 Å². The Balaban J connectivity index is 2.13. The van der Waals surface area contributed by atoms with Crippen LogP contribution in [-0.2, 0) is 9.59 Å². The lowest BCUT2D eigenvalue weighted by molar-refractivity contribution is -0.145. The number of carboxylic acids is 1. The van der Waals surface area contributed by atoms with Crippen molar-refractivity contribution in [3.63, 3.8) is 0 Å². The predicted octanol–water partition coefficient (Wildman–Crippen LogP) is 2.16. The van der Waals surface area contributed by atoms with Crippen LogP contribution >= 0.6 is 0 Å². The van der Waals surface area contributed by atoms with Crippen LogP contribution in [-0.4, -0.2) is 31.1 Å². The van der Waals surface area contributed by atoms with Gasteiger partial charge < -0.3 is 14.7 Å². The lowest BCUT2D eigenvalue weighted by Gasteiger charge is -2.23. The third-order valence-corrected chi connectivity index (χ3v) is 3.94. The van der Waals surface area contributed by atoms with Gasteiger partial charge in [0, 0.05) is 12.7 Å². The Labute approximate surface area is 118 Å². The predicted molar refractivity (Wildman–Crippen MR) is 74.9 cm³/mol. The number of carbonyl (C=O) groups is 2. The Kier molecular flexibility index (Phi) is 4.27. The van der Waals surface area contributed by atoms with E-state index in [4.69, 9.17) is 9.84 Å². The summed E-state index contributed by atoms with van der Waals surface area (Å²) in [5, 5.41) is 9.17. The number of benzene rings is 1. The summed E-state index contributed by atoms with van der Waals surface area (Å²) in [6.45, 7) is 0. The summed E-state index contributed by atoms with van der Waals surface area (Å²) in [6, 6.07) is 7.15. The number of methoxy groups -OCH3 is 1. The van der Waals surface area contributed by atoms with Crippen LogP contribution in [0, 0.1) is 11.8 Å². The Hall–Kier alpha value is -2.04. The second kappa shape index (κ2) is 5.94. The van der Waals surface area contributed by atoms with Crippen LogP contribution < -0.4 is 9.64 Å². The fourth-order valence-electron chi connectivity index (χ4n) is 2.73. The molecule has 0 bridgehead atoms. The third-order valence-electron chi connectivity index (χ3n) is 3.94. The molecule has 1 aliphatic carbocycles. The molecule has 1 saturated carbocycles. The van der Waals surface area contributed by atoms with E-state index in [1.54, 1.807) is 38.4 Å². The summed E-state index contributed by atoms with van der Waals surface area (Å²) in [4.78, 5) is 25.2. The van der Waals surface area contributed by atoms with Crippen LogP contribution in [0.1, 0.15) is 19.3 Å². The molecule has 20 heavy (non-hydrogen) atoms. The lowest BCUT2D eigenvalue weighted by atomic mass is 9.94. The zero-order valence-electron chi connectivity index (χ0n) is 11.7. The van der Waals surface area contributed by atoms with Crippen LogP contribution in [0.2, 0.25) is 0 Å². The summed E-state index contributed by atoms with van der Waals surface area (Å²) in [5.74, 6) is -1.24. The van der Waals surface area contributed by atoms with Gasteiger partial charge in [-0.05, 0) is 37.1 Å². The van der Waals surface area contributed by atoms with Crippen molar-refractivity contribution >= 4 is 17.6 Å². The molecule has 0 saturated heterocycles. The summed E-state index contributed by atoms with van der Waals surface area (Å²) in [7, 11) is 3.27. The zero-order chi connectivity index (χ0) is 14.7. The number of carbonyl (C=O) groups excluding carboxylic acids is 1. The Morgan fingerprint density at radius 1 is 1.20 bits per heavy atom. The van der Waals surface area contributed by atoms with E-state index < -0.39 is 17.8 Å². The van der Waals surface area contributed by atoms with Crippen LogP contribution in [0.25, 0.3) is 0 Å². The normalized spacial score (nSPS) is 21.5. The maximum atomic E-state index is 12.4. The molecule has 0 spiro atoms. The molecule has 0 aromatic heterocycles. The average Bonchev–Trinajstić information content (AvgIpc) is 2.95. The van der Waals surface area contributed by atoms with Crippen LogP contribution in [0.4, 0.5) is 5.69 Å². The van der Waals surface area contributed by atoms with Gasteiger partial charge in [-0.25, -0.2) is 0 Å². The van der Waals surface area contributed by atoms with Gasteiger partial charge in [0.1, 0.15) is 5.75 Å². The van der Waals surface area contributed by atoms with Gasteiger partial charge in [-0.2, -0.15) is 0 Å². The maximum Gasteiger partial charge on any atom is 0.307 e. The number of nitrogens with zero attached hydrogens (tertiary/aromatic N) is 1. The second-order valence-electron chi connectivity index (χ2n) is 5.08. The maximum absolute atomic E-state index is 12.4. The molecule has 1 aromatic carbocycles. The van der Waals surface area contributed by atoms with Crippen molar-refractivity contribution in [2.45, 2.75) is 19.3 Å². The highest BCUT2D eigenvalue weighted by Crippen LogP contribution is 2.34. The minimum absolute atomic E-state index is 0.125. The fourth-order valence-corrected chi connectivity index (χ4v) is 2.73. The van der Waals surface area contributed by atoms with Crippen molar-refractivity contribution in [2.24, 2.45) is 11.8 Å². The van der Waals surface area contributed by atoms with Gasteiger partial charge in [-0.1, -0.05) is 6.42 Å². The number of rotatable bonds is 4. The van der Waals surface area contributed by atoms with Crippen molar-refractivity contribution in [3.05, 3.63) is 24.3 Å². The molecule has 1 aromatic rings. The largest absolute Gasteiger partial charge is 0.497 e. The SMILES string of the molecule is COc1ccc(N(C)C(=O)[C@@H]2CCC[C@@H]2C(=O)O)cc1. The molecule has 1 fully saturated rings. The van der Waals surface area contributed by atoms with Crippen molar-refractivity contribution in [1.29, 1.82) is 0 Å². The number of amides is 1. The molecule has 1 amide bonds. The number of carboxylic acid groups (broad SMARTS) is 1. The fraction of sp³-hybridized carbons (Fsp3) is 0.467. The quantitative estimate of drug-likeness (QED) is 0.915. The Bertz CT molecular complexity index is 497. The molecule has 2 rings (SSSR count). The smallest absolute Gasteiger partial charge is 0.307 e. The molecule has 5 heteroatoms. The zero-order valence-corrected chi connectivity index (χ0v) is 11.7. The molecule has 1 aliphatic rings. The van der Waals surface area contributed by atoms with E-state index in [9.17, 15) is 9.59 Å². The first kappa shape index (κ1) is 14.4. The van der Waals surface area contributed by atoms with E-state index in [0.29, 0.717) is 12.8 Å². The van der Waals surface area contributed by atoms with E-state index >= 15 is 0 Å². The van der Waals surface area contributed by atoms with Crippen LogP contribution in [0.15, 0.2) is 24.3 Å². The average molecular weight is 277 g/mol. The number of ether oxygens (including phenoxy) is 1. The minimum atomic E-state index is -0.871. The number of anilines is 1. The van der Waals surface area contributed by atoms with E-state index in [1.165, 1.54) is 4.90 Å². The van der Waals surface area contributed by atoms with Gasteiger partial charge in [-0.15, -0.1) is 0 Å². The molecule has 0 heterocycles. The summed E-state index contributed by atoms with van der Waals surface area (Å²) < 4.78 is 5.08. The van der Waals surface area contributed by atoms with E-state index in [0.717, 1.165) is 17.9 Å². The topological polar surface area (TPSA) is 66.8 Å². The van der Waals surface area contributed by atoms with Crippen molar-refractivity contribution in [3.8, 4) is 5.75 Å². The van der Waals surface area contributed by atoms with Gasteiger partial charge in [0.25, 0.3) is 0 Å². The molecule has 0 unspecified atom stereocenters. The highest BCUT2D eigenvalue weighted by molar-refractivity contribution is 5.97. The lowest BCUT2D eigenvalue weighted by Crippen LogP contribution is -2.36. The van der Waals surface area contributed by atoms with E-state index in [1.807, 2.05) is 0 Å². The van der Waals surface area contributed by atoms with Gasteiger partial charge in [-0.3, -0.25) is 9.59 Å². The van der Waals surface area contributed by atoms with Crippen LogP contribution in [0.3, 0.4) is 0 Å². The molecular weight excluding hydrogens is 258 g/mol. The van der Waals surface area contributed by atoms with Gasteiger partial charge >= 0.3 is 5.97 Å². The number of hydrogen-bond donors (Lipinski definition) is 1. The molecule has 0 aliphatic heterocycles.